The van der Waals surface area contributed by atoms with Gasteiger partial charge in [0.1, 0.15) is 13.2 Å². The number of carboxylic acid groups (broad SMARTS) is 1. The number of ether oxygens (including phenoxy) is 1. The molecule has 0 radical (unpaired) electrons. The van der Waals surface area contributed by atoms with Crippen LogP contribution in [0.15, 0.2) is 41.2 Å². The van der Waals surface area contributed by atoms with Crippen LogP contribution in [0.25, 0.3) is 11.1 Å². The van der Waals surface area contributed by atoms with E-state index in [9.17, 15) is 19.6 Å². The van der Waals surface area contributed by atoms with E-state index in [2.05, 4.69) is 6.07 Å². The van der Waals surface area contributed by atoms with Crippen molar-refractivity contribution in [1.82, 2.24) is 9.47 Å². The molecular weight excluding hydrogens is 386 g/mol. The Morgan fingerprint density at radius 2 is 2.00 bits per heavy atom. The van der Waals surface area contributed by atoms with Crippen LogP contribution in [0.3, 0.4) is 0 Å². The van der Waals surface area contributed by atoms with Gasteiger partial charge in [0.15, 0.2) is 0 Å². The van der Waals surface area contributed by atoms with Gasteiger partial charge in [0, 0.05) is 42.9 Å². The topological polar surface area (TPSA) is 113 Å². The lowest BCUT2D eigenvalue weighted by Crippen LogP contribution is -2.50. The highest BCUT2D eigenvalue weighted by Gasteiger charge is 2.37. The number of amides is 1. The molecule has 30 heavy (non-hydrogen) atoms. The van der Waals surface area contributed by atoms with Gasteiger partial charge in [0.25, 0.3) is 5.56 Å². The Hall–Kier alpha value is -3.44. The van der Waals surface area contributed by atoms with Crippen LogP contribution < -0.4 is 5.56 Å². The maximum absolute atomic E-state index is 12.6. The van der Waals surface area contributed by atoms with Crippen molar-refractivity contribution < 1.29 is 19.4 Å². The van der Waals surface area contributed by atoms with Crippen molar-refractivity contribution in [2.45, 2.75) is 18.9 Å². The summed E-state index contributed by atoms with van der Waals surface area (Å²) in [6, 6.07) is 12.8. The number of carbonyl (C=O) groups is 2. The number of likely N-dealkylation sites (tertiary alicyclic amines) is 1. The van der Waals surface area contributed by atoms with Crippen LogP contribution >= 0.6 is 0 Å². The lowest BCUT2D eigenvalue weighted by atomic mass is 9.80. The standard InChI is InChI=1S/C22H21N3O5/c23-8-14-2-1-3-16(6-14)18-4-5-19(26)25-10-15-7-17(22(18)25)11-24(9-15)20(27)12-30-13-21(28)29/h1-6,15,17H,7,9-13H2,(H,28,29). The van der Waals surface area contributed by atoms with Crippen molar-refractivity contribution in [2.24, 2.45) is 5.92 Å². The van der Waals surface area contributed by atoms with E-state index >= 15 is 0 Å². The zero-order valence-electron chi connectivity index (χ0n) is 16.3. The Morgan fingerprint density at radius 3 is 2.77 bits per heavy atom. The highest BCUT2D eigenvalue weighted by Crippen LogP contribution is 2.40. The molecular formula is C22H21N3O5. The number of carbonyl (C=O) groups excluding carboxylic acids is 1. The summed E-state index contributed by atoms with van der Waals surface area (Å²) in [4.78, 5) is 37.4. The van der Waals surface area contributed by atoms with Crippen LogP contribution in [0.2, 0.25) is 0 Å². The van der Waals surface area contributed by atoms with Gasteiger partial charge in [-0.15, -0.1) is 0 Å². The number of aliphatic carboxylic acids is 1. The number of hydrogen-bond donors (Lipinski definition) is 1. The summed E-state index contributed by atoms with van der Waals surface area (Å²) >= 11 is 0. The van der Waals surface area contributed by atoms with Gasteiger partial charge in [-0.1, -0.05) is 12.1 Å². The van der Waals surface area contributed by atoms with Crippen LogP contribution in [-0.4, -0.2) is 52.8 Å². The van der Waals surface area contributed by atoms with Gasteiger partial charge in [-0.2, -0.15) is 5.26 Å². The number of aromatic nitrogens is 1. The van der Waals surface area contributed by atoms with Crippen molar-refractivity contribution in [3.8, 4) is 17.2 Å². The van der Waals surface area contributed by atoms with E-state index in [4.69, 9.17) is 9.84 Å². The van der Waals surface area contributed by atoms with E-state index in [1.807, 2.05) is 12.1 Å². The number of nitrogens with zero attached hydrogens (tertiary/aromatic N) is 3. The van der Waals surface area contributed by atoms with E-state index < -0.39 is 12.6 Å². The summed E-state index contributed by atoms with van der Waals surface area (Å²) < 4.78 is 6.76. The molecule has 2 unspecified atom stereocenters. The lowest BCUT2D eigenvalue weighted by Gasteiger charge is -2.43. The molecule has 2 atom stereocenters. The van der Waals surface area contributed by atoms with Gasteiger partial charge >= 0.3 is 5.97 Å². The fraction of sp³-hybridized carbons (Fsp3) is 0.364. The maximum Gasteiger partial charge on any atom is 0.329 e. The third kappa shape index (κ3) is 3.84. The molecule has 1 aromatic carbocycles. The molecule has 1 aromatic heterocycles. The Morgan fingerprint density at radius 1 is 1.17 bits per heavy atom. The minimum absolute atomic E-state index is 0.0180. The van der Waals surface area contributed by atoms with Crippen molar-refractivity contribution >= 4 is 11.9 Å². The zero-order chi connectivity index (χ0) is 21.3. The maximum atomic E-state index is 12.6. The molecule has 154 valence electrons. The zero-order valence-corrected chi connectivity index (χ0v) is 16.3. The Bertz CT molecular complexity index is 1100. The second-order valence-electron chi connectivity index (χ2n) is 7.76. The number of nitriles is 1. The van der Waals surface area contributed by atoms with Crippen LogP contribution in [0.1, 0.15) is 23.6 Å². The number of hydrogen-bond acceptors (Lipinski definition) is 5. The summed E-state index contributed by atoms with van der Waals surface area (Å²) in [5, 5.41) is 17.9. The van der Waals surface area contributed by atoms with Gasteiger partial charge in [-0.05, 0) is 36.1 Å². The van der Waals surface area contributed by atoms with Crippen LogP contribution in [-0.2, 0) is 20.9 Å². The number of benzene rings is 1. The minimum Gasteiger partial charge on any atom is -0.480 e. The second-order valence-corrected chi connectivity index (χ2v) is 7.76. The Kier molecular flexibility index (Phi) is 5.38. The molecule has 2 aliphatic heterocycles. The molecule has 1 fully saturated rings. The summed E-state index contributed by atoms with van der Waals surface area (Å²) in [6.45, 7) is 0.705. The third-order valence-electron chi connectivity index (χ3n) is 5.70. The van der Waals surface area contributed by atoms with Gasteiger partial charge in [-0.25, -0.2) is 4.79 Å². The third-order valence-corrected chi connectivity index (χ3v) is 5.70. The quantitative estimate of drug-likeness (QED) is 0.802. The molecule has 8 nitrogen and oxygen atoms in total. The largest absolute Gasteiger partial charge is 0.480 e. The van der Waals surface area contributed by atoms with E-state index in [0.717, 1.165) is 23.2 Å². The van der Waals surface area contributed by atoms with Gasteiger partial charge < -0.3 is 19.3 Å². The molecule has 8 heteroatoms. The molecule has 1 amide bonds. The molecule has 0 spiro atoms. The van der Waals surface area contributed by atoms with Gasteiger partial charge in [0.2, 0.25) is 5.91 Å². The average Bonchev–Trinajstić information content (AvgIpc) is 2.74. The molecule has 3 heterocycles. The first-order valence-corrected chi connectivity index (χ1v) is 9.78. The normalized spacial score (nSPS) is 19.6. The molecule has 2 aliphatic rings. The number of pyridine rings is 1. The number of rotatable bonds is 5. The second kappa shape index (κ2) is 8.13. The van der Waals surface area contributed by atoms with E-state index in [1.165, 1.54) is 0 Å². The molecule has 1 N–H and O–H groups in total. The van der Waals surface area contributed by atoms with Gasteiger partial charge in [0.05, 0.1) is 11.6 Å². The predicted molar refractivity (Wildman–Crippen MR) is 107 cm³/mol. The Balaban J connectivity index is 1.65. The van der Waals surface area contributed by atoms with Crippen LogP contribution in [0, 0.1) is 17.2 Å². The molecule has 0 saturated carbocycles. The Labute approximate surface area is 172 Å². The average molecular weight is 407 g/mol. The first-order chi connectivity index (χ1) is 14.5. The summed E-state index contributed by atoms with van der Waals surface area (Å²) in [5.74, 6) is -1.23. The molecule has 2 bridgehead atoms. The van der Waals surface area contributed by atoms with Crippen molar-refractivity contribution in [2.75, 3.05) is 26.3 Å². The number of piperidine rings is 1. The highest BCUT2D eigenvalue weighted by molar-refractivity contribution is 5.78. The van der Waals surface area contributed by atoms with E-state index in [0.29, 0.717) is 25.2 Å². The highest BCUT2D eigenvalue weighted by atomic mass is 16.5. The fourth-order valence-electron chi connectivity index (χ4n) is 4.54. The molecule has 4 rings (SSSR count). The summed E-state index contributed by atoms with van der Waals surface area (Å²) in [7, 11) is 0. The van der Waals surface area contributed by atoms with Crippen molar-refractivity contribution in [3.63, 3.8) is 0 Å². The molecule has 0 aliphatic carbocycles. The van der Waals surface area contributed by atoms with Crippen molar-refractivity contribution in [3.05, 3.63) is 58.0 Å². The van der Waals surface area contributed by atoms with E-state index in [1.54, 1.807) is 33.7 Å². The lowest BCUT2D eigenvalue weighted by molar-refractivity contribution is -0.146. The SMILES string of the molecule is N#Cc1cccc(-c2ccc(=O)n3c2C2CC(CN(C(=O)COCC(=O)O)C2)C3)c1. The van der Waals surface area contributed by atoms with Gasteiger partial charge in [-0.3, -0.25) is 9.59 Å². The minimum atomic E-state index is -1.11. The first kappa shape index (κ1) is 19.9. The summed E-state index contributed by atoms with van der Waals surface area (Å²) in [6.07, 6.45) is 0.869. The predicted octanol–water partition coefficient (Wildman–Crippen LogP) is 1.43. The van der Waals surface area contributed by atoms with E-state index in [-0.39, 0.29) is 29.9 Å². The molecule has 1 saturated heterocycles. The summed E-state index contributed by atoms with van der Waals surface area (Å²) in [5.41, 5.74) is 3.13. The van der Waals surface area contributed by atoms with Crippen LogP contribution in [0.5, 0.6) is 0 Å². The number of fused-ring (bicyclic) bond motifs is 4. The fourth-order valence-corrected chi connectivity index (χ4v) is 4.54. The number of carboxylic acids is 1. The van der Waals surface area contributed by atoms with Crippen LogP contribution in [0.4, 0.5) is 0 Å². The van der Waals surface area contributed by atoms with Crippen molar-refractivity contribution in [1.29, 1.82) is 5.26 Å². The smallest absolute Gasteiger partial charge is 0.329 e. The molecule has 2 aromatic rings. The first-order valence-electron chi connectivity index (χ1n) is 9.78. The monoisotopic (exact) mass is 407 g/mol.